The molecular weight excluding hydrogens is 216 g/mol. The van der Waals surface area contributed by atoms with Crippen molar-refractivity contribution in [3.8, 4) is 0 Å². The summed E-state index contributed by atoms with van der Waals surface area (Å²) in [6, 6.07) is 6.43. The van der Waals surface area contributed by atoms with Crippen LogP contribution in [0.3, 0.4) is 0 Å². The predicted molar refractivity (Wildman–Crippen MR) is 71.1 cm³/mol. The fourth-order valence-electron chi connectivity index (χ4n) is 1.82. The van der Waals surface area contributed by atoms with Crippen LogP contribution in [0.25, 0.3) is 10.2 Å². The molecule has 1 aromatic heterocycles. The van der Waals surface area contributed by atoms with Gasteiger partial charge in [0, 0.05) is 0 Å². The molecule has 0 aliphatic heterocycles. The SMILES string of the molecule is CCNC(C)(C)c1nc2ccc(C)cc2s1. The van der Waals surface area contributed by atoms with Gasteiger partial charge in [-0.2, -0.15) is 0 Å². The van der Waals surface area contributed by atoms with Crippen LogP contribution in [0.15, 0.2) is 18.2 Å². The first-order valence-corrected chi connectivity index (χ1v) is 6.47. The second kappa shape index (κ2) is 4.15. The summed E-state index contributed by atoms with van der Waals surface area (Å²) in [6.07, 6.45) is 0. The Kier molecular flexibility index (Phi) is 3.00. The van der Waals surface area contributed by atoms with E-state index in [2.05, 4.69) is 51.2 Å². The van der Waals surface area contributed by atoms with Gasteiger partial charge < -0.3 is 5.32 Å². The fourth-order valence-corrected chi connectivity index (χ4v) is 2.96. The Morgan fingerprint density at radius 2 is 2.12 bits per heavy atom. The van der Waals surface area contributed by atoms with E-state index >= 15 is 0 Å². The normalized spacial score (nSPS) is 12.2. The van der Waals surface area contributed by atoms with E-state index in [0.717, 1.165) is 17.1 Å². The van der Waals surface area contributed by atoms with Crippen LogP contribution in [0, 0.1) is 6.92 Å². The highest BCUT2D eigenvalue weighted by molar-refractivity contribution is 7.18. The Bertz CT molecular complexity index is 500. The minimum atomic E-state index is -0.0354. The maximum atomic E-state index is 4.70. The highest BCUT2D eigenvalue weighted by Crippen LogP contribution is 2.30. The van der Waals surface area contributed by atoms with Gasteiger partial charge in [-0.05, 0) is 45.0 Å². The molecule has 2 rings (SSSR count). The summed E-state index contributed by atoms with van der Waals surface area (Å²) in [6.45, 7) is 9.57. The minimum Gasteiger partial charge on any atom is -0.306 e. The van der Waals surface area contributed by atoms with Gasteiger partial charge in [0.1, 0.15) is 5.01 Å². The van der Waals surface area contributed by atoms with Gasteiger partial charge in [-0.1, -0.05) is 13.0 Å². The molecule has 0 saturated heterocycles. The number of hydrogen-bond acceptors (Lipinski definition) is 3. The number of aromatic nitrogens is 1. The minimum absolute atomic E-state index is 0.0354. The van der Waals surface area contributed by atoms with Crippen molar-refractivity contribution < 1.29 is 0 Å². The van der Waals surface area contributed by atoms with Crippen molar-refractivity contribution in [2.75, 3.05) is 6.54 Å². The molecule has 1 aromatic carbocycles. The van der Waals surface area contributed by atoms with Gasteiger partial charge in [0.15, 0.2) is 0 Å². The van der Waals surface area contributed by atoms with Crippen molar-refractivity contribution in [3.63, 3.8) is 0 Å². The zero-order valence-electron chi connectivity index (χ0n) is 10.3. The Morgan fingerprint density at radius 1 is 1.38 bits per heavy atom. The first kappa shape index (κ1) is 11.6. The Morgan fingerprint density at radius 3 is 2.81 bits per heavy atom. The molecule has 1 N–H and O–H groups in total. The summed E-state index contributed by atoms with van der Waals surface area (Å²) >= 11 is 1.78. The van der Waals surface area contributed by atoms with Gasteiger partial charge in [-0.15, -0.1) is 11.3 Å². The third kappa shape index (κ3) is 2.11. The van der Waals surface area contributed by atoms with Crippen molar-refractivity contribution >= 4 is 21.6 Å². The number of thiazole rings is 1. The van der Waals surface area contributed by atoms with Crippen molar-refractivity contribution in [1.29, 1.82) is 0 Å². The van der Waals surface area contributed by atoms with E-state index in [1.165, 1.54) is 10.3 Å². The zero-order chi connectivity index (χ0) is 11.8. The van der Waals surface area contributed by atoms with E-state index in [1.54, 1.807) is 11.3 Å². The molecule has 86 valence electrons. The maximum Gasteiger partial charge on any atom is 0.113 e. The summed E-state index contributed by atoms with van der Waals surface area (Å²) in [5.74, 6) is 0. The first-order valence-electron chi connectivity index (χ1n) is 5.65. The lowest BCUT2D eigenvalue weighted by molar-refractivity contribution is 0.414. The summed E-state index contributed by atoms with van der Waals surface area (Å²) in [5.41, 5.74) is 2.37. The second-order valence-electron chi connectivity index (χ2n) is 4.65. The lowest BCUT2D eigenvalue weighted by atomic mass is 10.1. The smallest absolute Gasteiger partial charge is 0.113 e. The number of aryl methyl sites for hydroxylation is 1. The number of nitrogens with one attached hydrogen (secondary N) is 1. The zero-order valence-corrected chi connectivity index (χ0v) is 11.1. The molecule has 0 spiro atoms. The van der Waals surface area contributed by atoms with Crippen molar-refractivity contribution in [1.82, 2.24) is 10.3 Å². The number of nitrogens with zero attached hydrogens (tertiary/aromatic N) is 1. The van der Waals surface area contributed by atoms with Crippen LogP contribution >= 0.6 is 11.3 Å². The fraction of sp³-hybridized carbons (Fsp3) is 0.462. The molecule has 0 fully saturated rings. The summed E-state index contributed by atoms with van der Waals surface area (Å²) < 4.78 is 1.28. The van der Waals surface area contributed by atoms with E-state index in [1.807, 2.05) is 0 Å². The van der Waals surface area contributed by atoms with Crippen LogP contribution < -0.4 is 5.32 Å². The van der Waals surface area contributed by atoms with Crippen LogP contribution in [0.4, 0.5) is 0 Å². The van der Waals surface area contributed by atoms with E-state index in [-0.39, 0.29) is 5.54 Å². The molecular formula is C13H18N2S. The summed E-state index contributed by atoms with van der Waals surface area (Å²) in [7, 11) is 0. The molecule has 0 aliphatic rings. The van der Waals surface area contributed by atoms with E-state index in [9.17, 15) is 0 Å². The lowest BCUT2D eigenvalue weighted by Crippen LogP contribution is -2.36. The Hall–Kier alpha value is -0.930. The maximum absolute atomic E-state index is 4.70. The Balaban J connectivity index is 2.46. The molecule has 0 aliphatic carbocycles. The molecule has 0 saturated carbocycles. The molecule has 0 bridgehead atoms. The molecule has 0 radical (unpaired) electrons. The second-order valence-corrected chi connectivity index (χ2v) is 5.68. The molecule has 16 heavy (non-hydrogen) atoms. The highest BCUT2D eigenvalue weighted by Gasteiger charge is 2.23. The molecule has 0 unspecified atom stereocenters. The third-order valence-corrected chi connectivity index (χ3v) is 4.04. The van der Waals surface area contributed by atoms with Gasteiger partial charge >= 0.3 is 0 Å². The van der Waals surface area contributed by atoms with Crippen LogP contribution in [0.2, 0.25) is 0 Å². The van der Waals surface area contributed by atoms with Gasteiger partial charge in [-0.3, -0.25) is 0 Å². The quantitative estimate of drug-likeness (QED) is 0.880. The number of rotatable bonds is 3. The monoisotopic (exact) mass is 234 g/mol. The molecule has 2 aromatic rings. The summed E-state index contributed by atoms with van der Waals surface area (Å²) in [5, 5.41) is 4.62. The largest absolute Gasteiger partial charge is 0.306 e. The van der Waals surface area contributed by atoms with Crippen LogP contribution in [0.1, 0.15) is 31.3 Å². The average molecular weight is 234 g/mol. The van der Waals surface area contributed by atoms with Gasteiger partial charge in [0.2, 0.25) is 0 Å². The van der Waals surface area contributed by atoms with E-state index < -0.39 is 0 Å². The molecule has 0 amide bonds. The van der Waals surface area contributed by atoms with Crippen molar-refractivity contribution in [3.05, 3.63) is 28.8 Å². The standard InChI is InChI=1S/C13H18N2S/c1-5-14-13(3,4)12-15-10-7-6-9(2)8-11(10)16-12/h6-8,14H,5H2,1-4H3. The van der Waals surface area contributed by atoms with Gasteiger partial charge in [0.25, 0.3) is 0 Å². The van der Waals surface area contributed by atoms with Crippen LogP contribution in [-0.4, -0.2) is 11.5 Å². The summed E-state index contributed by atoms with van der Waals surface area (Å²) in [4.78, 5) is 4.70. The van der Waals surface area contributed by atoms with Crippen LogP contribution in [-0.2, 0) is 5.54 Å². The van der Waals surface area contributed by atoms with Crippen molar-refractivity contribution in [2.24, 2.45) is 0 Å². The van der Waals surface area contributed by atoms with Crippen LogP contribution in [0.5, 0.6) is 0 Å². The number of hydrogen-bond donors (Lipinski definition) is 1. The van der Waals surface area contributed by atoms with Gasteiger partial charge in [-0.25, -0.2) is 4.98 Å². The molecule has 2 nitrogen and oxygen atoms in total. The lowest BCUT2D eigenvalue weighted by Gasteiger charge is -2.22. The average Bonchev–Trinajstić information content (AvgIpc) is 2.61. The predicted octanol–water partition coefficient (Wildman–Crippen LogP) is 3.45. The molecule has 3 heteroatoms. The van der Waals surface area contributed by atoms with E-state index in [4.69, 9.17) is 4.98 Å². The van der Waals surface area contributed by atoms with Gasteiger partial charge in [0.05, 0.1) is 15.8 Å². The number of fused-ring (bicyclic) bond motifs is 1. The topological polar surface area (TPSA) is 24.9 Å². The molecule has 1 heterocycles. The molecule has 0 atom stereocenters. The third-order valence-electron chi connectivity index (χ3n) is 2.70. The van der Waals surface area contributed by atoms with Crippen molar-refractivity contribution in [2.45, 2.75) is 33.2 Å². The Labute approximate surface area is 101 Å². The van der Waals surface area contributed by atoms with E-state index in [0.29, 0.717) is 0 Å². The highest BCUT2D eigenvalue weighted by atomic mass is 32.1. The number of benzene rings is 1. The first-order chi connectivity index (χ1) is 7.53.